The summed E-state index contributed by atoms with van der Waals surface area (Å²) in [6.45, 7) is 6.29. The Balaban J connectivity index is 1.35. The van der Waals surface area contributed by atoms with Gasteiger partial charge in [0.25, 0.3) is 0 Å². The topological polar surface area (TPSA) is 32.3 Å². The van der Waals surface area contributed by atoms with E-state index in [9.17, 15) is 4.79 Å². The standard InChI is InChI=1S/C23H34N2O/c1-19(21-10-6-3-7-11-21)18-25-16-13-22(14-17-25)23(26)24-15-12-20-8-4-2-5-9-20/h3,6-8,10-11,19,22H,2,4-5,9,12-18H2,1H3,(H,24,26). The molecule has 142 valence electrons. The minimum Gasteiger partial charge on any atom is -0.356 e. The number of benzene rings is 1. The molecular weight excluding hydrogens is 320 g/mol. The summed E-state index contributed by atoms with van der Waals surface area (Å²) in [5, 5.41) is 3.18. The van der Waals surface area contributed by atoms with Crippen LogP contribution in [0, 0.1) is 5.92 Å². The van der Waals surface area contributed by atoms with Gasteiger partial charge in [-0.25, -0.2) is 0 Å². The van der Waals surface area contributed by atoms with Crippen LogP contribution in [-0.2, 0) is 4.79 Å². The van der Waals surface area contributed by atoms with Crippen LogP contribution in [0.5, 0.6) is 0 Å². The van der Waals surface area contributed by atoms with Crippen molar-refractivity contribution in [3.63, 3.8) is 0 Å². The van der Waals surface area contributed by atoms with E-state index in [0.717, 1.165) is 45.4 Å². The molecule has 1 aliphatic carbocycles. The molecule has 1 aromatic carbocycles. The summed E-state index contributed by atoms with van der Waals surface area (Å²) in [6, 6.07) is 10.7. The molecule has 1 amide bonds. The molecule has 1 unspecified atom stereocenters. The maximum absolute atomic E-state index is 12.4. The maximum atomic E-state index is 12.4. The zero-order valence-electron chi connectivity index (χ0n) is 16.3. The molecule has 0 aromatic heterocycles. The van der Waals surface area contributed by atoms with Crippen molar-refractivity contribution in [2.24, 2.45) is 5.92 Å². The van der Waals surface area contributed by atoms with E-state index < -0.39 is 0 Å². The van der Waals surface area contributed by atoms with Gasteiger partial charge in [-0.3, -0.25) is 4.79 Å². The molecule has 1 N–H and O–H groups in total. The van der Waals surface area contributed by atoms with E-state index in [0.29, 0.717) is 5.92 Å². The third-order valence-corrected chi connectivity index (χ3v) is 5.99. The first kappa shape index (κ1) is 19.2. The Morgan fingerprint density at radius 3 is 2.65 bits per heavy atom. The first-order chi connectivity index (χ1) is 12.7. The fraction of sp³-hybridized carbons (Fsp3) is 0.609. The Morgan fingerprint density at radius 2 is 1.96 bits per heavy atom. The largest absolute Gasteiger partial charge is 0.356 e. The second-order valence-electron chi connectivity index (χ2n) is 8.04. The van der Waals surface area contributed by atoms with E-state index in [4.69, 9.17) is 0 Å². The number of piperidine rings is 1. The number of nitrogens with zero attached hydrogens (tertiary/aromatic N) is 1. The van der Waals surface area contributed by atoms with Gasteiger partial charge in [0.1, 0.15) is 0 Å². The molecule has 2 aliphatic rings. The fourth-order valence-electron chi connectivity index (χ4n) is 4.27. The number of hydrogen-bond donors (Lipinski definition) is 1. The zero-order chi connectivity index (χ0) is 18.2. The quantitative estimate of drug-likeness (QED) is 0.731. The van der Waals surface area contributed by atoms with Gasteiger partial charge >= 0.3 is 0 Å². The van der Waals surface area contributed by atoms with E-state index in [2.05, 4.69) is 53.5 Å². The third-order valence-electron chi connectivity index (χ3n) is 5.99. The second-order valence-corrected chi connectivity index (χ2v) is 8.04. The third kappa shape index (κ3) is 5.70. The summed E-state index contributed by atoms with van der Waals surface area (Å²) in [4.78, 5) is 15.0. The average molecular weight is 355 g/mol. The molecule has 1 fully saturated rings. The summed E-state index contributed by atoms with van der Waals surface area (Å²) in [5.74, 6) is 1.03. The highest BCUT2D eigenvalue weighted by Crippen LogP contribution is 2.22. The highest BCUT2D eigenvalue weighted by molar-refractivity contribution is 5.78. The minimum absolute atomic E-state index is 0.207. The Morgan fingerprint density at radius 1 is 1.19 bits per heavy atom. The predicted octanol–water partition coefficient (Wildman–Crippen LogP) is 4.51. The van der Waals surface area contributed by atoms with E-state index in [-0.39, 0.29) is 11.8 Å². The number of rotatable bonds is 7. The van der Waals surface area contributed by atoms with Gasteiger partial charge < -0.3 is 10.2 Å². The SMILES string of the molecule is CC(CN1CCC(C(=O)NCCC2=CCCCC2)CC1)c1ccccc1. The van der Waals surface area contributed by atoms with Crippen LogP contribution in [0.3, 0.4) is 0 Å². The molecule has 3 rings (SSSR count). The van der Waals surface area contributed by atoms with Crippen molar-refractivity contribution in [1.29, 1.82) is 0 Å². The monoisotopic (exact) mass is 354 g/mol. The van der Waals surface area contributed by atoms with Crippen molar-refractivity contribution in [2.45, 2.75) is 57.8 Å². The molecule has 1 aliphatic heterocycles. The molecule has 3 heteroatoms. The fourth-order valence-corrected chi connectivity index (χ4v) is 4.27. The number of likely N-dealkylation sites (tertiary alicyclic amines) is 1. The van der Waals surface area contributed by atoms with E-state index >= 15 is 0 Å². The van der Waals surface area contributed by atoms with Crippen molar-refractivity contribution in [3.05, 3.63) is 47.5 Å². The number of hydrogen-bond acceptors (Lipinski definition) is 2. The van der Waals surface area contributed by atoms with E-state index in [1.54, 1.807) is 5.57 Å². The molecule has 0 saturated carbocycles. The Hall–Kier alpha value is -1.61. The van der Waals surface area contributed by atoms with Gasteiger partial charge in [0.2, 0.25) is 5.91 Å². The van der Waals surface area contributed by atoms with Gasteiger partial charge in [-0.2, -0.15) is 0 Å². The van der Waals surface area contributed by atoms with Crippen LogP contribution >= 0.6 is 0 Å². The molecule has 26 heavy (non-hydrogen) atoms. The number of nitrogens with one attached hydrogen (secondary N) is 1. The first-order valence-electron chi connectivity index (χ1n) is 10.5. The molecule has 1 saturated heterocycles. The van der Waals surface area contributed by atoms with Crippen LogP contribution in [0.25, 0.3) is 0 Å². The summed E-state index contributed by atoms with van der Waals surface area (Å²) in [6.07, 6.45) is 10.5. The van der Waals surface area contributed by atoms with Crippen LogP contribution in [-0.4, -0.2) is 37.0 Å². The molecule has 3 nitrogen and oxygen atoms in total. The lowest BCUT2D eigenvalue weighted by Crippen LogP contribution is -2.41. The van der Waals surface area contributed by atoms with E-state index in [1.165, 1.54) is 31.2 Å². The number of amides is 1. The van der Waals surface area contributed by atoms with Gasteiger partial charge in [0.15, 0.2) is 0 Å². The van der Waals surface area contributed by atoms with Crippen molar-refractivity contribution in [2.75, 3.05) is 26.2 Å². The first-order valence-corrected chi connectivity index (χ1v) is 10.5. The second kappa shape index (κ2) is 9.91. The molecule has 1 atom stereocenters. The molecule has 1 heterocycles. The van der Waals surface area contributed by atoms with Gasteiger partial charge in [-0.1, -0.05) is 48.9 Å². The van der Waals surface area contributed by atoms with E-state index in [1.807, 2.05) is 0 Å². The zero-order valence-corrected chi connectivity index (χ0v) is 16.3. The summed E-state index contributed by atoms with van der Waals surface area (Å²) in [7, 11) is 0. The van der Waals surface area contributed by atoms with Crippen molar-refractivity contribution < 1.29 is 4.79 Å². The number of allylic oxidation sites excluding steroid dienone is 1. The summed E-state index contributed by atoms with van der Waals surface area (Å²) in [5.41, 5.74) is 2.95. The molecule has 0 spiro atoms. The lowest BCUT2D eigenvalue weighted by atomic mass is 9.93. The molecule has 1 aromatic rings. The van der Waals surface area contributed by atoms with Crippen LogP contribution in [0.2, 0.25) is 0 Å². The van der Waals surface area contributed by atoms with Gasteiger partial charge in [-0.15, -0.1) is 0 Å². The Bertz CT molecular complexity index is 587. The van der Waals surface area contributed by atoms with Crippen molar-refractivity contribution in [1.82, 2.24) is 10.2 Å². The molecule has 0 bridgehead atoms. The smallest absolute Gasteiger partial charge is 0.223 e. The average Bonchev–Trinajstić information content (AvgIpc) is 2.70. The number of carbonyl (C=O) groups excluding carboxylic acids is 1. The lowest BCUT2D eigenvalue weighted by Gasteiger charge is -2.33. The van der Waals surface area contributed by atoms with Crippen molar-refractivity contribution >= 4 is 5.91 Å². The maximum Gasteiger partial charge on any atom is 0.223 e. The minimum atomic E-state index is 0.207. The number of carbonyl (C=O) groups is 1. The van der Waals surface area contributed by atoms with Gasteiger partial charge in [0.05, 0.1) is 0 Å². The highest BCUT2D eigenvalue weighted by Gasteiger charge is 2.25. The molecule has 0 radical (unpaired) electrons. The van der Waals surface area contributed by atoms with Crippen LogP contribution < -0.4 is 5.32 Å². The van der Waals surface area contributed by atoms with Crippen LogP contribution in [0.15, 0.2) is 42.0 Å². The van der Waals surface area contributed by atoms with Gasteiger partial charge in [0, 0.05) is 19.0 Å². The van der Waals surface area contributed by atoms with Crippen LogP contribution in [0.4, 0.5) is 0 Å². The molecular formula is C23H34N2O. The Labute approximate surface area is 158 Å². The highest BCUT2D eigenvalue weighted by atomic mass is 16.1. The normalized spacial score (nSPS) is 20.4. The summed E-state index contributed by atoms with van der Waals surface area (Å²) >= 11 is 0. The predicted molar refractivity (Wildman–Crippen MR) is 108 cm³/mol. The summed E-state index contributed by atoms with van der Waals surface area (Å²) < 4.78 is 0. The van der Waals surface area contributed by atoms with Crippen molar-refractivity contribution in [3.8, 4) is 0 Å². The lowest BCUT2D eigenvalue weighted by molar-refractivity contribution is -0.126. The van der Waals surface area contributed by atoms with Gasteiger partial charge in [-0.05, 0) is 69.5 Å². The van der Waals surface area contributed by atoms with Crippen LogP contribution in [0.1, 0.15) is 63.4 Å². The Kier molecular flexibility index (Phi) is 7.31.